The number of nitrogens with zero attached hydrogens (tertiary/aromatic N) is 1. The Labute approximate surface area is 117 Å². The van der Waals surface area contributed by atoms with Crippen LogP contribution >= 0.6 is 0 Å². The Bertz CT molecular complexity index is 420. The second kappa shape index (κ2) is 7.17. The number of hydrogen-bond acceptors (Lipinski definition) is 1. The van der Waals surface area contributed by atoms with Crippen LogP contribution in [0.3, 0.4) is 0 Å². The third kappa shape index (κ3) is 5.33. The van der Waals surface area contributed by atoms with E-state index in [4.69, 9.17) is 0 Å². The summed E-state index contributed by atoms with van der Waals surface area (Å²) in [6, 6.07) is 9.02. The first-order valence-corrected chi connectivity index (χ1v) is 7.10. The molecule has 0 bridgehead atoms. The summed E-state index contributed by atoms with van der Waals surface area (Å²) < 4.78 is 0. The molecule has 106 valence electrons. The Kier molecular flexibility index (Phi) is 5.87. The summed E-state index contributed by atoms with van der Waals surface area (Å²) in [6.45, 7) is 12.8. The summed E-state index contributed by atoms with van der Waals surface area (Å²) in [5, 5.41) is 6.80. The van der Waals surface area contributed by atoms with Crippen molar-refractivity contribution in [3.8, 4) is 0 Å². The molecule has 0 spiro atoms. The van der Waals surface area contributed by atoms with Crippen LogP contribution in [0.5, 0.6) is 0 Å². The van der Waals surface area contributed by atoms with Gasteiger partial charge >= 0.3 is 0 Å². The fraction of sp³-hybridized carbons (Fsp3) is 0.562. The van der Waals surface area contributed by atoms with Gasteiger partial charge in [0.15, 0.2) is 5.96 Å². The monoisotopic (exact) mass is 261 g/mol. The van der Waals surface area contributed by atoms with Crippen molar-refractivity contribution in [3.63, 3.8) is 0 Å². The van der Waals surface area contributed by atoms with E-state index < -0.39 is 0 Å². The third-order valence-electron chi connectivity index (χ3n) is 2.65. The molecule has 0 aromatic heterocycles. The molecule has 0 unspecified atom stereocenters. The molecule has 3 nitrogen and oxygen atoms in total. The fourth-order valence-corrected chi connectivity index (χ4v) is 1.88. The van der Waals surface area contributed by atoms with Crippen LogP contribution in [0.2, 0.25) is 0 Å². The minimum Gasteiger partial charge on any atom is -0.354 e. The van der Waals surface area contributed by atoms with E-state index >= 15 is 0 Å². The van der Waals surface area contributed by atoms with Crippen molar-refractivity contribution < 1.29 is 0 Å². The van der Waals surface area contributed by atoms with Crippen LogP contribution in [-0.4, -0.2) is 18.0 Å². The van der Waals surface area contributed by atoms with Crippen molar-refractivity contribution in [2.24, 2.45) is 4.99 Å². The Morgan fingerprint density at radius 2 is 1.63 bits per heavy atom. The second-order valence-corrected chi connectivity index (χ2v) is 5.74. The highest BCUT2D eigenvalue weighted by atomic mass is 15.2. The lowest BCUT2D eigenvalue weighted by atomic mass is 10.0. The fourth-order valence-electron chi connectivity index (χ4n) is 1.88. The number of para-hydroxylation sites is 1. The molecule has 1 rings (SSSR count). The van der Waals surface area contributed by atoms with Gasteiger partial charge in [0, 0.05) is 17.8 Å². The van der Waals surface area contributed by atoms with Gasteiger partial charge < -0.3 is 10.6 Å². The van der Waals surface area contributed by atoms with Crippen LogP contribution in [0.15, 0.2) is 29.3 Å². The highest BCUT2D eigenvalue weighted by Crippen LogP contribution is 2.23. The van der Waals surface area contributed by atoms with Crippen molar-refractivity contribution in [3.05, 3.63) is 29.8 Å². The maximum absolute atomic E-state index is 4.61. The topological polar surface area (TPSA) is 36.4 Å². The van der Waals surface area contributed by atoms with E-state index in [1.54, 1.807) is 0 Å². The Hall–Kier alpha value is -1.51. The number of benzene rings is 1. The van der Waals surface area contributed by atoms with Gasteiger partial charge in [0.05, 0.1) is 0 Å². The van der Waals surface area contributed by atoms with Crippen LogP contribution in [0.25, 0.3) is 0 Å². The molecule has 2 N–H and O–H groups in total. The number of anilines is 1. The predicted octanol–water partition coefficient (Wildman–Crippen LogP) is 3.98. The maximum atomic E-state index is 4.61. The molecule has 0 aliphatic heterocycles. The number of rotatable bonds is 4. The number of guanidine groups is 1. The highest BCUT2D eigenvalue weighted by Gasteiger charge is 2.09. The van der Waals surface area contributed by atoms with E-state index in [2.05, 4.69) is 81.4 Å². The van der Waals surface area contributed by atoms with Gasteiger partial charge in [0.1, 0.15) is 0 Å². The normalized spacial score (nSPS) is 12.4. The largest absolute Gasteiger partial charge is 0.354 e. The third-order valence-corrected chi connectivity index (χ3v) is 2.65. The maximum Gasteiger partial charge on any atom is 0.196 e. The standard InChI is InChI=1S/C16H27N3/c1-11(2)14-9-7-8-10-15(14)19-16(17-12(3)4)18-13(5)6/h7-13H,1-6H3,(H2,17,18,19). The van der Waals surface area contributed by atoms with Crippen molar-refractivity contribution in [1.29, 1.82) is 0 Å². The molecule has 3 heteroatoms. The molecular formula is C16H27N3. The summed E-state index contributed by atoms with van der Waals surface area (Å²) in [5.74, 6) is 1.33. The highest BCUT2D eigenvalue weighted by molar-refractivity contribution is 5.94. The SMILES string of the molecule is CC(C)N=C(Nc1ccccc1C(C)C)NC(C)C. The zero-order valence-electron chi connectivity index (χ0n) is 13.0. The molecule has 0 aliphatic carbocycles. The van der Waals surface area contributed by atoms with E-state index in [9.17, 15) is 0 Å². The summed E-state index contributed by atoms with van der Waals surface area (Å²) >= 11 is 0. The van der Waals surface area contributed by atoms with Gasteiger partial charge in [-0.15, -0.1) is 0 Å². The van der Waals surface area contributed by atoms with E-state index in [0.29, 0.717) is 12.0 Å². The van der Waals surface area contributed by atoms with Crippen LogP contribution in [0, 0.1) is 0 Å². The van der Waals surface area contributed by atoms with E-state index in [1.807, 2.05) is 0 Å². The average Bonchev–Trinajstić information content (AvgIpc) is 2.27. The van der Waals surface area contributed by atoms with E-state index in [0.717, 1.165) is 11.6 Å². The van der Waals surface area contributed by atoms with Gasteiger partial charge in [-0.25, -0.2) is 0 Å². The Balaban J connectivity index is 2.96. The number of aliphatic imine (C=N–C) groups is 1. The molecule has 0 heterocycles. The summed E-state index contributed by atoms with van der Waals surface area (Å²) in [5.41, 5.74) is 2.44. The summed E-state index contributed by atoms with van der Waals surface area (Å²) in [7, 11) is 0. The smallest absolute Gasteiger partial charge is 0.196 e. The molecule has 0 radical (unpaired) electrons. The summed E-state index contributed by atoms with van der Waals surface area (Å²) in [4.78, 5) is 4.61. The van der Waals surface area contributed by atoms with Crippen molar-refractivity contribution >= 4 is 11.6 Å². The molecule has 0 saturated carbocycles. The zero-order valence-corrected chi connectivity index (χ0v) is 13.0. The molecule has 0 aliphatic rings. The lowest BCUT2D eigenvalue weighted by molar-refractivity contribution is 0.717. The number of nitrogens with one attached hydrogen (secondary N) is 2. The van der Waals surface area contributed by atoms with Gasteiger partial charge in [-0.3, -0.25) is 4.99 Å². The first-order chi connectivity index (χ1) is 8.90. The lowest BCUT2D eigenvalue weighted by Crippen LogP contribution is -2.36. The van der Waals surface area contributed by atoms with E-state index in [-0.39, 0.29) is 6.04 Å². The molecule has 0 atom stereocenters. The first-order valence-electron chi connectivity index (χ1n) is 7.10. The van der Waals surface area contributed by atoms with Crippen LogP contribution in [0.1, 0.15) is 53.0 Å². The molecule has 19 heavy (non-hydrogen) atoms. The Morgan fingerprint density at radius 3 is 2.16 bits per heavy atom. The van der Waals surface area contributed by atoms with Gasteiger partial charge in [-0.1, -0.05) is 32.0 Å². The van der Waals surface area contributed by atoms with Crippen molar-refractivity contribution in [1.82, 2.24) is 5.32 Å². The number of hydrogen-bond donors (Lipinski definition) is 2. The van der Waals surface area contributed by atoms with Gasteiger partial charge in [-0.05, 0) is 45.2 Å². The molecular weight excluding hydrogens is 234 g/mol. The Morgan fingerprint density at radius 1 is 1.00 bits per heavy atom. The molecule has 0 amide bonds. The minimum absolute atomic E-state index is 0.264. The van der Waals surface area contributed by atoms with Crippen molar-refractivity contribution in [2.45, 2.75) is 59.5 Å². The van der Waals surface area contributed by atoms with Crippen molar-refractivity contribution in [2.75, 3.05) is 5.32 Å². The minimum atomic E-state index is 0.264. The van der Waals surface area contributed by atoms with Crippen LogP contribution in [0.4, 0.5) is 5.69 Å². The van der Waals surface area contributed by atoms with Gasteiger partial charge in [-0.2, -0.15) is 0 Å². The molecule has 1 aromatic rings. The van der Waals surface area contributed by atoms with Crippen LogP contribution in [-0.2, 0) is 0 Å². The molecule has 1 aromatic carbocycles. The van der Waals surface area contributed by atoms with E-state index in [1.165, 1.54) is 5.56 Å². The van der Waals surface area contributed by atoms with Crippen LogP contribution < -0.4 is 10.6 Å². The first kappa shape index (κ1) is 15.5. The average molecular weight is 261 g/mol. The van der Waals surface area contributed by atoms with Gasteiger partial charge in [0.2, 0.25) is 0 Å². The molecule has 0 saturated heterocycles. The molecule has 0 fully saturated rings. The zero-order chi connectivity index (χ0) is 14.4. The lowest BCUT2D eigenvalue weighted by Gasteiger charge is -2.19. The second-order valence-electron chi connectivity index (χ2n) is 5.74. The summed E-state index contributed by atoms with van der Waals surface area (Å²) in [6.07, 6.45) is 0. The predicted molar refractivity (Wildman–Crippen MR) is 85.0 cm³/mol. The quantitative estimate of drug-likeness (QED) is 0.635. The van der Waals surface area contributed by atoms with Gasteiger partial charge in [0.25, 0.3) is 0 Å².